The molecule has 0 amide bonds. The Morgan fingerprint density at radius 1 is 1.13 bits per heavy atom. The van der Waals surface area contributed by atoms with Gasteiger partial charge in [0.15, 0.2) is 0 Å². The maximum absolute atomic E-state index is 11.0. The number of hydrogen-bond acceptors (Lipinski definition) is 3. The van der Waals surface area contributed by atoms with E-state index in [-0.39, 0.29) is 6.42 Å². The summed E-state index contributed by atoms with van der Waals surface area (Å²) >= 11 is 6.18. The molecule has 0 aliphatic heterocycles. The Balaban J connectivity index is 1.95. The number of rotatable bonds is 5. The maximum Gasteiger partial charge on any atom is 0.309 e. The number of halogens is 1. The van der Waals surface area contributed by atoms with Crippen molar-refractivity contribution in [2.45, 2.75) is 13.0 Å². The molecular weight excluding hydrogens is 312 g/mol. The van der Waals surface area contributed by atoms with E-state index in [1.807, 2.05) is 48.5 Å². The van der Waals surface area contributed by atoms with Gasteiger partial charge in [0.05, 0.1) is 17.6 Å². The standard InChI is InChI=1S/C18H15ClN2O2/c19-15-7-3-1-5-12(15)11-20-17-9-13(10-18(22)23)21-16-8-4-2-6-14(16)17/h1-9H,10-11H2,(H,20,21)(H,22,23). The van der Waals surface area contributed by atoms with Crippen molar-refractivity contribution in [3.63, 3.8) is 0 Å². The summed E-state index contributed by atoms with van der Waals surface area (Å²) in [6.07, 6.45) is -0.106. The number of carboxylic acid groups (broad SMARTS) is 1. The van der Waals surface area contributed by atoms with E-state index in [2.05, 4.69) is 10.3 Å². The minimum absolute atomic E-state index is 0.106. The molecule has 1 heterocycles. The monoisotopic (exact) mass is 326 g/mol. The molecule has 0 aliphatic carbocycles. The van der Waals surface area contributed by atoms with Crippen LogP contribution in [-0.2, 0) is 17.8 Å². The van der Waals surface area contributed by atoms with Crippen LogP contribution in [0.2, 0.25) is 5.02 Å². The number of nitrogens with zero attached hydrogens (tertiary/aromatic N) is 1. The van der Waals surface area contributed by atoms with Gasteiger partial charge >= 0.3 is 5.97 Å². The lowest BCUT2D eigenvalue weighted by atomic mass is 10.1. The molecular formula is C18H15ClN2O2. The van der Waals surface area contributed by atoms with E-state index >= 15 is 0 Å². The minimum atomic E-state index is -0.898. The molecule has 1 aromatic heterocycles. The summed E-state index contributed by atoms with van der Waals surface area (Å²) in [6.45, 7) is 0.556. The van der Waals surface area contributed by atoms with Gasteiger partial charge in [0, 0.05) is 22.6 Å². The van der Waals surface area contributed by atoms with Crippen molar-refractivity contribution in [2.24, 2.45) is 0 Å². The van der Waals surface area contributed by atoms with Crippen LogP contribution in [0.1, 0.15) is 11.3 Å². The molecule has 2 aromatic carbocycles. The third-order valence-corrected chi connectivity index (χ3v) is 3.90. The van der Waals surface area contributed by atoms with Crippen molar-refractivity contribution in [1.29, 1.82) is 0 Å². The third kappa shape index (κ3) is 3.60. The quantitative estimate of drug-likeness (QED) is 0.740. The van der Waals surface area contributed by atoms with E-state index < -0.39 is 5.97 Å². The number of carbonyl (C=O) groups is 1. The first-order valence-electron chi connectivity index (χ1n) is 7.21. The highest BCUT2D eigenvalue weighted by atomic mass is 35.5. The first-order chi connectivity index (χ1) is 11.1. The lowest BCUT2D eigenvalue weighted by molar-refractivity contribution is -0.136. The number of aromatic nitrogens is 1. The molecule has 0 aliphatic rings. The van der Waals surface area contributed by atoms with E-state index in [4.69, 9.17) is 16.7 Å². The molecule has 116 valence electrons. The highest BCUT2D eigenvalue weighted by Gasteiger charge is 2.09. The van der Waals surface area contributed by atoms with Crippen LogP contribution in [0.25, 0.3) is 10.9 Å². The van der Waals surface area contributed by atoms with Crippen LogP contribution in [0.4, 0.5) is 5.69 Å². The van der Waals surface area contributed by atoms with Crippen LogP contribution in [0.5, 0.6) is 0 Å². The number of benzene rings is 2. The van der Waals surface area contributed by atoms with E-state index in [1.165, 1.54) is 0 Å². The van der Waals surface area contributed by atoms with E-state index in [9.17, 15) is 4.79 Å². The van der Waals surface area contributed by atoms with Crippen LogP contribution in [0, 0.1) is 0 Å². The molecule has 0 saturated carbocycles. The Kier molecular flexibility index (Phi) is 4.44. The normalized spacial score (nSPS) is 10.7. The first kappa shape index (κ1) is 15.3. The number of carboxylic acids is 1. The molecule has 0 atom stereocenters. The van der Waals surface area contributed by atoms with Crippen LogP contribution >= 0.6 is 11.6 Å². The minimum Gasteiger partial charge on any atom is -0.481 e. The molecule has 23 heavy (non-hydrogen) atoms. The van der Waals surface area contributed by atoms with Gasteiger partial charge in [-0.3, -0.25) is 9.78 Å². The van der Waals surface area contributed by atoms with E-state index in [0.29, 0.717) is 17.3 Å². The van der Waals surface area contributed by atoms with Crippen LogP contribution < -0.4 is 5.32 Å². The zero-order valence-electron chi connectivity index (χ0n) is 12.3. The van der Waals surface area contributed by atoms with Gasteiger partial charge in [-0.25, -0.2) is 0 Å². The van der Waals surface area contributed by atoms with Crippen molar-refractivity contribution in [3.8, 4) is 0 Å². The van der Waals surface area contributed by atoms with E-state index in [0.717, 1.165) is 22.2 Å². The number of aliphatic carboxylic acids is 1. The summed E-state index contributed by atoms with van der Waals surface area (Å²) in [5.74, 6) is -0.898. The van der Waals surface area contributed by atoms with Crippen molar-refractivity contribution < 1.29 is 9.90 Å². The Labute approximate surface area is 138 Å². The highest BCUT2D eigenvalue weighted by molar-refractivity contribution is 6.31. The van der Waals surface area contributed by atoms with Gasteiger partial charge in [0.1, 0.15) is 0 Å². The summed E-state index contributed by atoms with van der Waals surface area (Å²) in [5.41, 5.74) is 3.13. The van der Waals surface area contributed by atoms with Gasteiger partial charge < -0.3 is 10.4 Å². The second-order valence-electron chi connectivity index (χ2n) is 5.19. The molecule has 0 spiro atoms. The Bertz CT molecular complexity index is 865. The summed E-state index contributed by atoms with van der Waals surface area (Å²) in [6, 6.07) is 17.1. The van der Waals surface area contributed by atoms with Gasteiger partial charge in [-0.1, -0.05) is 48.0 Å². The molecule has 0 saturated heterocycles. The van der Waals surface area contributed by atoms with Gasteiger partial charge in [-0.2, -0.15) is 0 Å². The SMILES string of the molecule is O=C(O)Cc1cc(NCc2ccccc2Cl)c2ccccc2n1. The number of hydrogen-bond donors (Lipinski definition) is 2. The molecule has 3 rings (SSSR count). The smallest absolute Gasteiger partial charge is 0.309 e. The van der Waals surface area contributed by atoms with Crippen LogP contribution in [0.3, 0.4) is 0 Å². The summed E-state index contributed by atoms with van der Waals surface area (Å²) in [5, 5.41) is 14.0. The van der Waals surface area contributed by atoms with Crippen molar-refractivity contribution in [3.05, 3.63) is 70.9 Å². The predicted octanol–water partition coefficient (Wildman–Crippen LogP) is 4.13. The Morgan fingerprint density at radius 3 is 2.65 bits per heavy atom. The fourth-order valence-electron chi connectivity index (χ4n) is 2.45. The molecule has 3 aromatic rings. The number of nitrogens with one attached hydrogen (secondary N) is 1. The summed E-state index contributed by atoms with van der Waals surface area (Å²) < 4.78 is 0. The number of fused-ring (bicyclic) bond motifs is 1. The zero-order chi connectivity index (χ0) is 16.2. The maximum atomic E-state index is 11.0. The zero-order valence-corrected chi connectivity index (χ0v) is 13.0. The number of anilines is 1. The second-order valence-corrected chi connectivity index (χ2v) is 5.60. The van der Waals surface area contributed by atoms with Gasteiger partial charge in [-0.15, -0.1) is 0 Å². The van der Waals surface area contributed by atoms with E-state index in [1.54, 1.807) is 6.07 Å². The molecule has 5 heteroatoms. The number of pyridine rings is 1. The van der Waals surface area contributed by atoms with Crippen molar-refractivity contribution in [1.82, 2.24) is 4.98 Å². The average molecular weight is 327 g/mol. The Morgan fingerprint density at radius 2 is 1.87 bits per heavy atom. The molecule has 0 radical (unpaired) electrons. The molecule has 2 N–H and O–H groups in total. The van der Waals surface area contributed by atoms with Crippen molar-refractivity contribution in [2.75, 3.05) is 5.32 Å². The summed E-state index contributed by atoms with van der Waals surface area (Å²) in [7, 11) is 0. The molecule has 0 fully saturated rings. The fraction of sp³-hybridized carbons (Fsp3) is 0.111. The van der Waals surface area contributed by atoms with Crippen molar-refractivity contribution >= 4 is 34.2 Å². The lowest BCUT2D eigenvalue weighted by Gasteiger charge is -2.12. The fourth-order valence-corrected chi connectivity index (χ4v) is 2.66. The Hall–Kier alpha value is -2.59. The van der Waals surface area contributed by atoms with Crippen LogP contribution in [0.15, 0.2) is 54.6 Å². The van der Waals surface area contributed by atoms with Gasteiger partial charge in [-0.05, 0) is 23.8 Å². The first-order valence-corrected chi connectivity index (χ1v) is 7.59. The van der Waals surface area contributed by atoms with Gasteiger partial charge in [0.25, 0.3) is 0 Å². The van der Waals surface area contributed by atoms with Crippen LogP contribution in [-0.4, -0.2) is 16.1 Å². The average Bonchev–Trinajstić information content (AvgIpc) is 2.53. The molecule has 4 nitrogen and oxygen atoms in total. The lowest BCUT2D eigenvalue weighted by Crippen LogP contribution is -2.06. The summed E-state index contributed by atoms with van der Waals surface area (Å²) in [4.78, 5) is 15.4. The second kappa shape index (κ2) is 6.67. The largest absolute Gasteiger partial charge is 0.481 e. The molecule has 0 unspecified atom stereocenters. The third-order valence-electron chi connectivity index (χ3n) is 3.53. The van der Waals surface area contributed by atoms with Gasteiger partial charge in [0.2, 0.25) is 0 Å². The molecule has 0 bridgehead atoms. The highest BCUT2D eigenvalue weighted by Crippen LogP contribution is 2.25. The predicted molar refractivity (Wildman–Crippen MR) is 91.9 cm³/mol. The topological polar surface area (TPSA) is 62.2 Å². The number of para-hydroxylation sites is 1.